The van der Waals surface area contributed by atoms with Gasteiger partial charge in [0.2, 0.25) is 5.91 Å². The smallest absolute Gasteiger partial charge is 0.237 e. The number of rotatable bonds is 5. The van der Waals surface area contributed by atoms with E-state index in [4.69, 9.17) is 5.73 Å². The fourth-order valence-corrected chi connectivity index (χ4v) is 1.70. The molecular weight excluding hydrogens is 212 g/mol. The third-order valence-corrected chi connectivity index (χ3v) is 2.87. The van der Waals surface area contributed by atoms with E-state index in [0.29, 0.717) is 0 Å². The summed E-state index contributed by atoms with van der Waals surface area (Å²) >= 11 is 0. The molecule has 0 aliphatic heterocycles. The van der Waals surface area contributed by atoms with Crippen LogP contribution in [0.3, 0.4) is 0 Å². The summed E-state index contributed by atoms with van der Waals surface area (Å²) in [4.78, 5) is 11.7. The lowest BCUT2D eigenvalue weighted by Gasteiger charge is -2.17. The zero-order valence-corrected chi connectivity index (χ0v) is 10.9. The first-order chi connectivity index (χ1) is 8.04. The molecule has 94 valence electrons. The Morgan fingerprint density at radius 3 is 2.47 bits per heavy atom. The number of nitrogens with two attached hydrogens (primary N) is 1. The van der Waals surface area contributed by atoms with Crippen molar-refractivity contribution in [1.29, 1.82) is 0 Å². The van der Waals surface area contributed by atoms with Crippen molar-refractivity contribution in [3.63, 3.8) is 0 Å². The van der Waals surface area contributed by atoms with Gasteiger partial charge in [-0.2, -0.15) is 0 Å². The van der Waals surface area contributed by atoms with Crippen molar-refractivity contribution in [1.82, 2.24) is 5.32 Å². The Morgan fingerprint density at radius 1 is 1.35 bits per heavy atom. The lowest BCUT2D eigenvalue weighted by molar-refractivity contribution is -0.123. The molecule has 17 heavy (non-hydrogen) atoms. The molecule has 3 nitrogen and oxygen atoms in total. The Labute approximate surface area is 103 Å². The van der Waals surface area contributed by atoms with E-state index in [0.717, 1.165) is 18.4 Å². The molecule has 0 heterocycles. The maximum absolute atomic E-state index is 11.7. The second kappa shape index (κ2) is 6.40. The van der Waals surface area contributed by atoms with Crippen molar-refractivity contribution < 1.29 is 4.79 Å². The molecule has 0 radical (unpaired) electrons. The number of carbonyl (C=O) groups is 1. The first kappa shape index (κ1) is 13.7. The number of benzene rings is 1. The van der Waals surface area contributed by atoms with Crippen LogP contribution in [0.15, 0.2) is 24.3 Å². The second-order valence-corrected chi connectivity index (χ2v) is 4.54. The van der Waals surface area contributed by atoms with E-state index >= 15 is 0 Å². The molecule has 0 bridgehead atoms. The summed E-state index contributed by atoms with van der Waals surface area (Å²) in [6.07, 6.45) is 1.65. The minimum Gasteiger partial charge on any atom is -0.348 e. The molecule has 0 aliphatic rings. The van der Waals surface area contributed by atoms with Gasteiger partial charge < -0.3 is 11.1 Å². The summed E-state index contributed by atoms with van der Waals surface area (Å²) in [5.74, 6) is -0.0695. The van der Waals surface area contributed by atoms with Crippen LogP contribution in [0.1, 0.15) is 43.9 Å². The number of hydrogen-bond acceptors (Lipinski definition) is 2. The molecule has 1 rings (SSSR count). The van der Waals surface area contributed by atoms with Crippen molar-refractivity contribution in [2.24, 2.45) is 5.73 Å². The molecule has 0 saturated carbocycles. The molecule has 2 atom stereocenters. The van der Waals surface area contributed by atoms with Crippen LogP contribution < -0.4 is 11.1 Å². The highest BCUT2D eigenvalue weighted by molar-refractivity contribution is 5.81. The molecule has 0 saturated heterocycles. The third kappa shape index (κ3) is 4.19. The maximum Gasteiger partial charge on any atom is 0.237 e. The molecule has 3 heteroatoms. The molecule has 0 aliphatic carbocycles. The van der Waals surface area contributed by atoms with E-state index in [1.165, 1.54) is 5.56 Å². The maximum atomic E-state index is 11.7. The van der Waals surface area contributed by atoms with Crippen LogP contribution in [0.4, 0.5) is 0 Å². The van der Waals surface area contributed by atoms with E-state index in [1.807, 2.05) is 45.0 Å². The Morgan fingerprint density at radius 2 is 1.94 bits per heavy atom. The standard InChI is InChI=1S/C14H22N2O/c1-4-5-13(15)14(17)16-11(3)12-8-6-10(2)7-9-12/h6-9,11,13H,4-5,15H2,1-3H3,(H,16,17)/t11-,13-/m0/s1. The van der Waals surface area contributed by atoms with Gasteiger partial charge in [-0.05, 0) is 25.8 Å². The zero-order chi connectivity index (χ0) is 12.8. The minimum absolute atomic E-state index is 0.00556. The Hall–Kier alpha value is -1.35. The molecule has 1 aromatic rings. The average molecular weight is 234 g/mol. The van der Waals surface area contributed by atoms with Crippen LogP contribution in [-0.4, -0.2) is 11.9 Å². The predicted molar refractivity (Wildman–Crippen MR) is 70.6 cm³/mol. The lowest BCUT2D eigenvalue weighted by atomic mass is 10.1. The van der Waals surface area contributed by atoms with Crippen LogP contribution in [-0.2, 0) is 4.79 Å². The predicted octanol–water partition coefficient (Wildman–Crippen LogP) is 2.30. The zero-order valence-electron chi connectivity index (χ0n) is 10.9. The highest BCUT2D eigenvalue weighted by Gasteiger charge is 2.15. The number of amides is 1. The quantitative estimate of drug-likeness (QED) is 0.821. The minimum atomic E-state index is -0.395. The van der Waals surface area contributed by atoms with E-state index in [1.54, 1.807) is 0 Å². The molecule has 0 fully saturated rings. The fourth-order valence-electron chi connectivity index (χ4n) is 1.70. The van der Waals surface area contributed by atoms with E-state index in [2.05, 4.69) is 5.32 Å². The van der Waals surface area contributed by atoms with Gasteiger partial charge in [-0.3, -0.25) is 4.79 Å². The summed E-state index contributed by atoms with van der Waals surface area (Å²) < 4.78 is 0. The Bertz CT molecular complexity index is 359. The monoisotopic (exact) mass is 234 g/mol. The summed E-state index contributed by atoms with van der Waals surface area (Å²) in [6, 6.07) is 7.77. The normalized spacial score (nSPS) is 14.1. The highest BCUT2D eigenvalue weighted by atomic mass is 16.2. The van der Waals surface area contributed by atoms with Crippen molar-refractivity contribution in [2.75, 3.05) is 0 Å². The summed E-state index contributed by atoms with van der Waals surface area (Å²) in [6.45, 7) is 6.04. The average Bonchev–Trinajstić information content (AvgIpc) is 2.30. The second-order valence-electron chi connectivity index (χ2n) is 4.54. The van der Waals surface area contributed by atoms with Gasteiger partial charge in [0, 0.05) is 0 Å². The third-order valence-electron chi connectivity index (χ3n) is 2.87. The van der Waals surface area contributed by atoms with Gasteiger partial charge in [-0.15, -0.1) is 0 Å². The topological polar surface area (TPSA) is 55.1 Å². The van der Waals surface area contributed by atoms with Gasteiger partial charge in [-0.25, -0.2) is 0 Å². The van der Waals surface area contributed by atoms with E-state index in [9.17, 15) is 4.79 Å². The molecular formula is C14H22N2O. The Kier molecular flexibility index (Phi) is 5.16. The fraction of sp³-hybridized carbons (Fsp3) is 0.500. The highest BCUT2D eigenvalue weighted by Crippen LogP contribution is 2.13. The van der Waals surface area contributed by atoms with Crippen molar-refractivity contribution in [3.8, 4) is 0 Å². The molecule has 3 N–H and O–H groups in total. The van der Waals surface area contributed by atoms with Gasteiger partial charge in [0.05, 0.1) is 12.1 Å². The summed E-state index contributed by atoms with van der Waals surface area (Å²) in [5.41, 5.74) is 8.09. The van der Waals surface area contributed by atoms with Crippen LogP contribution in [0.5, 0.6) is 0 Å². The molecule has 0 aromatic heterocycles. The molecule has 0 unspecified atom stereocenters. The van der Waals surface area contributed by atoms with Gasteiger partial charge in [0.25, 0.3) is 0 Å². The molecule has 1 aromatic carbocycles. The lowest BCUT2D eigenvalue weighted by Crippen LogP contribution is -2.41. The van der Waals surface area contributed by atoms with Gasteiger partial charge in [-0.1, -0.05) is 43.2 Å². The van der Waals surface area contributed by atoms with Crippen molar-refractivity contribution in [2.45, 2.75) is 45.7 Å². The largest absolute Gasteiger partial charge is 0.348 e. The van der Waals surface area contributed by atoms with Gasteiger partial charge >= 0.3 is 0 Å². The first-order valence-electron chi connectivity index (χ1n) is 6.17. The number of carbonyl (C=O) groups excluding carboxylic acids is 1. The first-order valence-corrected chi connectivity index (χ1v) is 6.17. The molecule has 1 amide bonds. The van der Waals surface area contributed by atoms with Gasteiger partial charge in [0.1, 0.15) is 0 Å². The van der Waals surface area contributed by atoms with Crippen LogP contribution in [0, 0.1) is 6.92 Å². The SMILES string of the molecule is CCC[C@H](N)C(=O)N[C@@H](C)c1ccc(C)cc1. The number of nitrogens with one attached hydrogen (secondary N) is 1. The van der Waals surface area contributed by atoms with E-state index in [-0.39, 0.29) is 11.9 Å². The Balaban J connectivity index is 2.57. The number of hydrogen-bond donors (Lipinski definition) is 2. The van der Waals surface area contributed by atoms with Crippen LogP contribution >= 0.6 is 0 Å². The van der Waals surface area contributed by atoms with Crippen LogP contribution in [0.25, 0.3) is 0 Å². The van der Waals surface area contributed by atoms with Crippen LogP contribution in [0.2, 0.25) is 0 Å². The summed E-state index contributed by atoms with van der Waals surface area (Å²) in [7, 11) is 0. The molecule has 0 spiro atoms. The number of aryl methyl sites for hydroxylation is 1. The summed E-state index contributed by atoms with van der Waals surface area (Å²) in [5, 5.41) is 2.94. The van der Waals surface area contributed by atoms with E-state index < -0.39 is 6.04 Å². The van der Waals surface area contributed by atoms with Crippen molar-refractivity contribution in [3.05, 3.63) is 35.4 Å². The van der Waals surface area contributed by atoms with Crippen molar-refractivity contribution >= 4 is 5.91 Å². The van der Waals surface area contributed by atoms with Gasteiger partial charge in [0.15, 0.2) is 0 Å².